The Hall–Kier alpha value is -1.86. The van der Waals surface area contributed by atoms with E-state index in [0.717, 1.165) is 16.2 Å². The molecule has 0 spiro atoms. The first-order valence-electron chi connectivity index (χ1n) is 6.18. The standard InChI is InChI=1S/C13H12BNO4S/c1-14-12-3-2-10(4-9(12)6-18-14)19-13-15-5-11(20-13)7-17-8-16/h2-5,8H,6-7H2,1H3. The van der Waals surface area contributed by atoms with Crippen LogP contribution >= 0.6 is 11.3 Å². The summed E-state index contributed by atoms with van der Waals surface area (Å²) < 4.78 is 15.9. The fraction of sp³-hybridized carbons (Fsp3) is 0.231. The van der Waals surface area contributed by atoms with Crippen molar-refractivity contribution < 1.29 is 18.9 Å². The quantitative estimate of drug-likeness (QED) is 0.622. The Morgan fingerprint density at radius 2 is 2.45 bits per heavy atom. The van der Waals surface area contributed by atoms with Gasteiger partial charge in [0.2, 0.25) is 0 Å². The van der Waals surface area contributed by atoms with Crippen LogP contribution in [0.5, 0.6) is 10.9 Å². The van der Waals surface area contributed by atoms with Crippen molar-refractivity contribution >= 4 is 30.2 Å². The molecule has 2 aromatic rings. The minimum absolute atomic E-state index is 0.144. The van der Waals surface area contributed by atoms with Crippen molar-refractivity contribution in [3.05, 3.63) is 34.8 Å². The van der Waals surface area contributed by atoms with Gasteiger partial charge in [-0.05, 0) is 23.2 Å². The third-order valence-electron chi connectivity index (χ3n) is 3.07. The number of ether oxygens (including phenoxy) is 2. The Balaban J connectivity index is 1.71. The number of carbonyl (C=O) groups is 1. The van der Waals surface area contributed by atoms with Gasteiger partial charge in [-0.25, -0.2) is 4.98 Å². The normalized spacial score (nSPS) is 13.2. The molecule has 0 amide bonds. The molecular formula is C13H12BNO4S. The van der Waals surface area contributed by atoms with Crippen LogP contribution in [0.3, 0.4) is 0 Å². The molecule has 5 nitrogen and oxygen atoms in total. The highest BCUT2D eigenvalue weighted by Crippen LogP contribution is 2.28. The first-order valence-corrected chi connectivity index (χ1v) is 7.00. The smallest absolute Gasteiger partial charge is 0.324 e. The van der Waals surface area contributed by atoms with Gasteiger partial charge in [0.15, 0.2) is 0 Å². The van der Waals surface area contributed by atoms with E-state index < -0.39 is 0 Å². The average molecular weight is 289 g/mol. The van der Waals surface area contributed by atoms with E-state index in [4.69, 9.17) is 9.39 Å². The molecule has 102 valence electrons. The van der Waals surface area contributed by atoms with Gasteiger partial charge in [0.05, 0.1) is 11.5 Å². The molecule has 2 heterocycles. The van der Waals surface area contributed by atoms with Crippen LogP contribution in [0.2, 0.25) is 6.82 Å². The molecular weight excluding hydrogens is 277 g/mol. The first-order chi connectivity index (χ1) is 9.76. The summed E-state index contributed by atoms with van der Waals surface area (Å²) in [5.74, 6) is 0.735. The minimum atomic E-state index is 0.144. The van der Waals surface area contributed by atoms with E-state index in [1.54, 1.807) is 6.20 Å². The van der Waals surface area contributed by atoms with Crippen LogP contribution in [0, 0.1) is 0 Å². The van der Waals surface area contributed by atoms with Gasteiger partial charge < -0.3 is 14.1 Å². The van der Waals surface area contributed by atoms with Crippen LogP contribution in [-0.4, -0.2) is 18.4 Å². The fourth-order valence-corrected chi connectivity index (χ4v) is 2.79. The molecule has 3 rings (SSSR count). The van der Waals surface area contributed by atoms with Crippen molar-refractivity contribution in [1.82, 2.24) is 4.98 Å². The number of hydrogen-bond donors (Lipinski definition) is 0. The van der Waals surface area contributed by atoms with Gasteiger partial charge in [0.25, 0.3) is 11.7 Å². The first kappa shape index (κ1) is 13.1. The maximum absolute atomic E-state index is 10.1. The lowest BCUT2D eigenvalue weighted by Crippen LogP contribution is -2.23. The predicted octanol–water partition coefficient (Wildman–Crippen LogP) is 1.97. The number of fused-ring (bicyclic) bond motifs is 1. The topological polar surface area (TPSA) is 57.6 Å². The summed E-state index contributed by atoms with van der Waals surface area (Å²) >= 11 is 1.35. The maximum atomic E-state index is 10.1. The Labute approximate surface area is 120 Å². The number of thiazole rings is 1. The Morgan fingerprint density at radius 1 is 1.55 bits per heavy atom. The largest absolute Gasteiger partial charge is 0.462 e. The molecule has 0 atom stereocenters. The molecule has 0 aliphatic carbocycles. The van der Waals surface area contributed by atoms with E-state index >= 15 is 0 Å². The number of benzene rings is 1. The number of rotatable bonds is 5. The Bertz CT molecular complexity index is 631. The minimum Gasteiger partial charge on any atom is -0.462 e. The third kappa shape index (κ3) is 2.68. The fourth-order valence-electron chi connectivity index (χ4n) is 2.09. The van der Waals surface area contributed by atoms with E-state index in [0.29, 0.717) is 18.3 Å². The van der Waals surface area contributed by atoms with Crippen LogP contribution in [0.1, 0.15) is 10.4 Å². The van der Waals surface area contributed by atoms with Gasteiger partial charge in [-0.2, -0.15) is 0 Å². The molecule has 1 aromatic carbocycles. The summed E-state index contributed by atoms with van der Waals surface area (Å²) in [5.41, 5.74) is 2.35. The number of hydrogen-bond acceptors (Lipinski definition) is 6. The van der Waals surface area contributed by atoms with Crippen LogP contribution in [0.15, 0.2) is 24.4 Å². The highest BCUT2D eigenvalue weighted by molar-refractivity contribution is 7.13. The van der Waals surface area contributed by atoms with Crippen molar-refractivity contribution in [3.63, 3.8) is 0 Å². The van der Waals surface area contributed by atoms with E-state index in [1.807, 2.05) is 25.0 Å². The van der Waals surface area contributed by atoms with Gasteiger partial charge in [-0.3, -0.25) is 4.79 Å². The molecule has 20 heavy (non-hydrogen) atoms. The molecule has 7 heteroatoms. The molecule has 0 saturated heterocycles. The molecule has 1 aliphatic heterocycles. The van der Waals surface area contributed by atoms with Crippen molar-refractivity contribution in [1.29, 1.82) is 0 Å². The molecule has 0 fully saturated rings. The molecule has 0 N–H and O–H groups in total. The zero-order chi connectivity index (χ0) is 13.9. The second kappa shape index (κ2) is 5.64. The van der Waals surface area contributed by atoms with Crippen LogP contribution < -0.4 is 10.2 Å². The monoisotopic (exact) mass is 289 g/mol. The van der Waals surface area contributed by atoms with E-state index in [9.17, 15) is 4.79 Å². The summed E-state index contributed by atoms with van der Waals surface area (Å²) in [7, 11) is 0. The molecule has 0 unspecified atom stereocenters. The summed E-state index contributed by atoms with van der Waals surface area (Å²) in [6, 6.07) is 5.90. The van der Waals surface area contributed by atoms with Gasteiger partial charge in [0, 0.05) is 6.20 Å². The molecule has 0 radical (unpaired) electrons. The van der Waals surface area contributed by atoms with Gasteiger partial charge in [-0.1, -0.05) is 24.2 Å². The predicted molar refractivity (Wildman–Crippen MR) is 75.5 cm³/mol. The van der Waals surface area contributed by atoms with Crippen molar-refractivity contribution in [2.75, 3.05) is 0 Å². The van der Waals surface area contributed by atoms with Crippen LogP contribution in [-0.2, 0) is 27.4 Å². The van der Waals surface area contributed by atoms with E-state index in [-0.39, 0.29) is 13.5 Å². The molecule has 1 aliphatic rings. The van der Waals surface area contributed by atoms with Crippen molar-refractivity contribution in [2.45, 2.75) is 20.0 Å². The average Bonchev–Trinajstić information content (AvgIpc) is 3.04. The lowest BCUT2D eigenvalue weighted by atomic mass is 9.64. The van der Waals surface area contributed by atoms with E-state index in [1.165, 1.54) is 16.8 Å². The summed E-state index contributed by atoms with van der Waals surface area (Å²) in [6.45, 7) is 3.43. The van der Waals surface area contributed by atoms with Crippen molar-refractivity contribution in [2.24, 2.45) is 0 Å². The molecule has 1 aromatic heterocycles. The summed E-state index contributed by atoms with van der Waals surface area (Å²) in [6.07, 6.45) is 1.64. The second-order valence-corrected chi connectivity index (χ2v) is 5.49. The van der Waals surface area contributed by atoms with Crippen LogP contribution in [0.25, 0.3) is 0 Å². The lowest BCUT2D eigenvalue weighted by Gasteiger charge is -2.04. The zero-order valence-electron chi connectivity index (χ0n) is 10.9. The van der Waals surface area contributed by atoms with Crippen LogP contribution in [0.4, 0.5) is 0 Å². The summed E-state index contributed by atoms with van der Waals surface area (Å²) in [4.78, 5) is 15.1. The lowest BCUT2D eigenvalue weighted by molar-refractivity contribution is -0.129. The maximum Gasteiger partial charge on any atom is 0.324 e. The number of nitrogens with zero attached hydrogens (tertiary/aromatic N) is 1. The van der Waals surface area contributed by atoms with Crippen molar-refractivity contribution in [3.8, 4) is 10.9 Å². The second-order valence-electron chi connectivity index (χ2n) is 4.42. The Morgan fingerprint density at radius 3 is 3.30 bits per heavy atom. The number of carbonyl (C=O) groups excluding carboxylic acids is 1. The van der Waals surface area contributed by atoms with Gasteiger partial charge >= 0.3 is 6.92 Å². The summed E-state index contributed by atoms with van der Waals surface area (Å²) in [5, 5.41) is 0.529. The van der Waals surface area contributed by atoms with Gasteiger partial charge in [-0.15, -0.1) is 0 Å². The SMILES string of the molecule is CB1OCc2cc(Oc3ncc(COC=O)s3)ccc21. The highest BCUT2D eigenvalue weighted by Gasteiger charge is 2.23. The molecule has 0 saturated carbocycles. The Kier molecular flexibility index (Phi) is 3.71. The van der Waals surface area contributed by atoms with Gasteiger partial charge in [0.1, 0.15) is 12.4 Å². The molecule has 0 bridgehead atoms. The zero-order valence-corrected chi connectivity index (χ0v) is 11.7. The van der Waals surface area contributed by atoms with E-state index in [2.05, 4.69) is 9.72 Å². The number of aromatic nitrogens is 1. The third-order valence-corrected chi connectivity index (χ3v) is 3.92. The highest BCUT2D eigenvalue weighted by atomic mass is 32.1.